The number of ether oxygens (including phenoxy) is 1. The molecule has 0 saturated heterocycles. The topological polar surface area (TPSA) is 83.8 Å². The van der Waals surface area contributed by atoms with Crippen molar-refractivity contribution in [2.75, 3.05) is 7.11 Å². The second kappa shape index (κ2) is 6.89. The predicted octanol–water partition coefficient (Wildman–Crippen LogP) is 1.93. The summed E-state index contributed by atoms with van der Waals surface area (Å²) in [4.78, 5) is 23.1. The molecule has 0 aliphatic carbocycles. The standard InChI is InChI=1S/C14H26O5/c1-8(2)11(15)9(12(16)17)7-10(13(18)19-6)14(3,4)5/h8-11,15H,7H2,1-6H3,(H,16,17)/t9-,10+,11+/m1/s1. The molecule has 0 heterocycles. The zero-order valence-corrected chi connectivity index (χ0v) is 12.6. The Labute approximate surface area is 115 Å². The molecular formula is C14H26O5. The third kappa shape index (κ3) is 5.19. The van der Waals surface area contributed by atoms with E-state index in [1.807, 2.05) is 20.8 Å². The van der Waals surface area contributed by atoms with Gasteiger partial charge in [0.25, 0.3) is 0 Å². The molecule has 112 valence electrons. The van der Waals surface area contributed by atoms with E-state index < -0.39 is 35.3 Å². The van der Waals surface area contributed by atoms with Crippen LogP contribution in [0.15, 0.2) is 0 Å². The van der Waals surface area contributed by atoms with Crippen molar-refractivity contribution in [3.05, 3.63) is 0 Å². The summed E-state index contributed by atoms with van der Waals surface area (Å²) in [6, 6.07) is 0. The van der Waals surface area contributed by atoms with Crippen molar-refractivity contribution in [2.24, 2.45) is 23.2 Å². The molecule has 0 spiro atoms. The van der Waals surface area contributed by atoms with E-state index in [4.69, 9.17) is 4.74 Å². The number of carbonyl (C=O) groups is 2. The lowest BCUT2D eigenvalue weighted by Gasteiger charge is -2.32. The fraction of sp³-hybridized carbons (Fsp3) is 0.857. The molecule has 0 rings (SSSR count). The molecular weight excluding hydrogens is 248 g/mol. The number of carbonyl (C=O) groups excluding carboxylic acids is 1. The molecule has 0 aromatic heterocycles. The molecule has 5 heteroatoms. The zero-order chi connectivity index (χ0) is 15.4. The third-order valence-corrected chi connectivity index (χ3v) is 3.43. The highest BCUT2D eigenvalue weighted by Gasteiger charge is 2.39. The molecule has 2 N–H and O–H groups in total. The Balaban J connectivity index is 5.17. The monoisotopic (exact) mass is 274 g/mol. The maximum absolute atomic E-state index is 11.8. The smallest absolute Gasteiger partial charge is 0.309 e. The van der Waals surface area contributed by atoms with Gasteiger partial charge in [-0.3, -0.25) is 9.59 Å². The second-order valence-corrected chi connectivity index (χ2v) is 6.36. The first-order valence-corrected chi connectivity index (χ1v) is 6.51. The fourth-order valence-corrected chi connectivity index (χ4v) is 2.05. The van der Waals surface area contributed by atoms with Gasteiger partial charge in [0.05, 0.1) is 25.0 Å². The first kappa shape index (κ1) is 17.9. The van der Waals surface area contributed by atoms with E-state index in [0.717, 1.165) is 0 Å². The fourth-order valence-electron chi connectivity index (χ4n) is 2.05. The van der Waals surface area contributed by atoms with Gasteiger partial charge in [0.1, 0.15) is 0 Å². The zero-order valence-electron chi connectivity index (χ0n) is 12.6. The highest BCUT2D eigenvalue weighted by molar-refractivity contribution is 5.76. The van der Waals surface area contributed by atoms with Crippen molar-refractivity contribution in [1.29, 1.82) is 0 Å². The molecule has 19 heavy (non-hydrogen) atoms. The molecule has 0 bridgehead atoms. The SMILES string of the molecule is COC(=O)[C@H](C[C@@H](C(=O)O)[C@@H](O)C(C)C)C(C)(C)C. The molecule has 0 amide bonds. The van der Waals surface area contributed by atoms with Gasteiger partial charge in [-0.15, -0.1) is 0 Å². The number of aliphatic carboxylic acids is 1. The molecule has 0 aliphatic heterocycles. The van der Waals surface area contributed by atoms with Crippen molar-refractivity contribution in [2.45, 2.75) is 47.1 Å². The predicted molar refractivity (Wildman–Crippen MR) is 71.5 cm³/mol. The Morgan fingerprint density at radius 3 is 1.95 bits per heavy atom. The number of rotatable bonds is 6. The molecule has 0 aliphatic rings. The van der Waals surface area contributed by atoms with Crippen LogP contribution in [0.3, 0.4) is 0 Å². The van der Waals surface area contributed by atoms with Crippen LogP contribution < -0.4 is 0 Å². The molecule has 3 atom stereocenters. The van der Waals surface area contributed by atoms with E-state index in [9.17, 15) is 19.8 Å². The summed E-state index contributed by atoms with van der Waals surface area (Å²) in [5.41, 5.74) is -0.419. The molecule has 0 fully saturated rings. The Morgan fingerprint density at radius 2 is 1.68 bits per heavy atom. The van der Waals surface area contributed by atoms with E-state index in [1.165, 1.54) is 7.11 Å². The lowest BCUT2D eigenvalue weighted by Crippen LogP contribution is -2.39. The molecule has 0 aromatic rings. The third-order valence-electron chi connectivity index (χ3n) is 3.43. The lowest BCUT2D eigenvalue weighted by molar-refractivity contribution is -0.155. The van der Waals surface area contributed by atoms with Gasteiger partial charge in [-0.05, 0) is 17.8 Å². The molecule has 5 nitrogen and oxygen atoms in total. The first-order valence-electron chi connectivity index (χ1n) is 6.51. The van der Waals surface area contributed by atoms with Crippen molar-refractivity contribution in [3.8, 4) is 0 Å². The molecule has 0 saturated carbocycles. The molecule has 0 aromatic carbocycles. The van der Waals surface area contributed by atoms with Crippen LogP contribution >= 0.6 is 0 Å². The van der Waals surface area contributed by atoms with Crippen LogP contribution in [0.4, 0.5) is 0 Å². The minimum Gasteiger partial charge on any atom is -0.481 e. The van der Waals surface area contributed by atoms with Crippen LogP contribution in [0.25, 0.3) is 0 Å². The minimum atomic E-state index is -1.08. The van der Waals surface area contributed by atoms with E-state index >= 15 is 0 Å². The van der Waals surface area contributed by atoms with Gasteiger partial charge in [0, 0.05) is 0 Å². The van der Waals surface area contributed by atoms with Crippen molar-refractivity contribution in [1.82, 2.24) is 0 Å². The summed E-state index contributed by atoms with van der Waals surface area (Å²) >= 11 is 0. The van der Waals surface area contributed by atoms with Gasteiger partial charge >= 0.3 is 11.9 Å². The number of hydrogen-bond acceptors (Lipinski definition) is 4. The number of methoxy groups -OCH3 is 1. The summed E-state index contributed by atoms with van der Waals surface area (Å²) < 4.78 is 4.75. The Hall–Kier alpha value is -1.10. The summed E-state index contributed by atoms with van der Waals surface area (Å²) in [6.45, 7) is 9.08. The molecule has 0 unspecified atom stereocenters. The van der Waals surface area contributed by atoms with E-state index in [2.05, 4.69) is 0 Å². The number of carboxylic acids is 1. The quantitative estimate of drug-likeness (QED) is 0.723. The highest BCUT2D eigenvalue weighted by atomic mass is 16.5. The number of hydrogen-bond donors (Lipinski definition) is 2. The van der Waals surface area contributed by atoms with Crippen LogP contribution in [-0.2, 0) is 14.3 Å². The Kier molecular flexibility index (Phi) is 6.49. The van der Waals surface area contributed by atoms with Gasteiger partial charge in [-0.25, -0.2) is 0 Å². The van der Waals surface area contributed by atoms with Crippen molar-refractivity contribution >= 4 is 11.9 Å². The average molecular weight is 274 g/mol. The largest absolute Gasteiger partial charge is 0.481 e. The Bertz CT molecular complexity index is 316. The molecule has 0 radical (unpaired) electrons. The number of carboxylic acid groups (broad SMARTS) is 1. The summed E-state index contributed by atoms with van der Waals surface area (Å²) in [5.74, 6) is -3.23. The average Bonchev–Trinajstić information content (AvgIpc) is 2.26. The van der Waals surface area contributed by atoms with Gasteiger partial charge in [-0.2, -0.15) is 0 Å². The van der Waals surface area contributed by atoms with Gasteiger partial charge in [0.15, 0.2) is 0 Å². The Morgan fingerprint density at radius 1 is 1.21 bits per heavy atom. The summed E-state index contributed by atoms with van der Waals surface area (Å²) in [5, 5.41) is 19.2. The van der Waals surface area contributed by atoms with Crippen LogP contribution in [0.2, 0.25) is 0 Å². The first-order chi connectivity index (χ1) is 8.52. The maximum Gasteiger partial charge on any atom is 0.309 e. The van der Waals surface area contributed by atoms with E-state index in [-0.39, 0.29) is 12.3 Å². The van der Waals surface area contributed by atoms with Gasteiger partial charge < -0.3 is 14.9 Å². The number of esters is 1. The van der Waals surface area contributed by atoms with Crippen LogP contribution in [0.5, 0.6) is 0 Å². The van der Waals surface area contributed by atoms with Crippen LogP contribution in [0, 0.1) is 23.2 Å². The van der Waals surface area contributed by atoms with Gasteiger partial charge in [-0.1, -0.05) is 34.6 Å². The lowest BCUT2D eigenvalue weighted by atomic mass is 9.73. The number of aliphatic hydroxyl groups excluding tert-OH is 1. The highest BCUT2D eigenvalue weighted by Crippen LogP contribution is 2.34. The van der Waals surface area contributed by atoms with Crippen LogP contribution in [0.1, 0.15) is 41.0 Å². The van der Waals surface area contributed by atoms with Crippen molar-refractivity contribution in [3.63, 3.8) is 0 Å². The summed E-state index contributed by atoms with van der Waals surface area (Å²) in [7, 11) is 1.29. The van der Waals surface area contributed by atoms with Crippen LogP contribution in [-0.4, -0.2) is 35.4 Å². The maximum atomic E-state index is 11.8. The van der Waals surface area contributed by atoms with E-state index in [1.54, 1.807) is 13.8 Å². The second-order valence-electron chi connectivity index (χ2n) is 6.36. The van der Waals surface area contributed by atoms with E-state index in [0.29, 0.717) is 0 Å². The van der Waals surface area contributed by atoms with Gasteiger partial charge in [0.2, 0.25) is 0 Å². The number of aliphatic hydroxyl groups is 1. The summed E-state index contributed by atoms with van der Waals surface area (Å²) in [6.07, 6.45) is -0.905. The minimum absolute atomic E-state index is 0.0743. The van der Waals surface area contributed by atoms with Crippen molar-refractivity contribution < 1.29 is 24.5 Å². The normalized spacial score (nSPS) is 16.8.